The van der Waals surface area contributed by atoms with Crippen LogP contribution < -0.4 is 10.6 Å². The molecule has 0 atom stereocenters. The topological polar surface area (TPSA) is 70.1 Å². The van der Waals surface area contributed by atoms with Crippen LogP contribution in [0.5, 0.6) is 0 Å². The number of aryl methyl sites for hydroxylation is 1. The van der Waals surface area contributed by atoms with Gasteiger partial charge in [-0.15, -0.1) is 0 Å². The summed E-state index contributed by atoms with van der Waals surface area (Å²) < 4.78 is 0. The number of aromatic nitrogens is 2. The first kappa shape index (κ1) is 14.1. The Morgan fingerprint density at radius 3 is 2.53 bits per heavy atom. The van der Waals surface area contributed by atoms with E-state index in [-0.39, 0.29) is 6.61 Å². The van der Waals surface area contributed by atoms with Gasteiger partial charge in [-0.1, -0.05) is 19.3 Å². The van der Waals surface area contributed by atoms with E-state index >= 15 is 0 Å². The fourth-order valence-corrected chi connectivity index (χ4v) is 2.57. The molecule has 0 spiro atoms. The molecule has 0 amide bonds. The summed E-state index contributed by atoms with van der Waals surface area (Å²) in [5, 5.41) is 15.3. The Morgan fingerprint density at radius 1 is 1.16 bits per heavy atom. The Kier molecular flexibility index (Phi) is 5.39. The summed E-state index contributed by atoms with van der Waals surface area (Å²) in [6.45, 7) is 3.50. The van der Waals surface area contributed by atoms with Crippen LogP contribution in [-0.4, -0.2) is 34.8 Å². The van der Waals surface area contributed by atoms with Crippen molar-refractivity contribution in [2.24, 2.45) is 5.92 Å². The average molecular weight is 264 g/mol. The summed E-state index contributed by atoms with van der Waals surface area (Å²) >= 11 is 0. The van der Waals surface area contributed by atoms with Crippen molar-refractivity contribution in [3.8, 4) is 0 Å². The van der Waals surface area contributed by atoms with E-state index in [9.17, 15) is 0 Å². The van der Waals surface area contributed by atoms with E-state index in [0.717, 1.165) is 29.9 Å². The number of hydrogen-bond donors (Lipinski definition) is 3. The summed E-state index contributed by atoms with van der Waals surface area (Å²) in [6, 6.07) is 1.91. The zero-order chi connectivity index (χ0) is 13.5. The second kappa shape index (κ2) is 7.28. The number of rotatable bonds is 6. The molecule has 0 bridgehead atoms. The number of aliphatic hydroxyl groups is 1. The molecule has 1 saturated carbocycles. The lowest BCUT2D eigenvalue weighted by atomic mass is 9.89. The van der Waals surface area contributed by atoms with E-state index < -0.39 is 0 Å². The monoisotopic (exact) mass is 264 g/mol. The molecule has 0 aromatic carbocycles. The minimum atomic E-state index is 0.105. The maximum absolute atomic E-state index is 8.82. The van der Waals surface area contributed by atoms with Gasteiger partial charge in [-0.3, -0.25) is 0 Å². The van der Waals surface area contributed by atoms with Gasteiger partial charge in [0.2, 0.25) is 0 Å². The van der Waals surface area contributed by atoms with Gasteiger partial charge in [-0.2, -0.15) is 0 Å². The number of nitrogens with one attached hydrogen (secondary N) is 2. The molecule has 1 aromatic rings. The van der Waals surface area contributed by atoms with Gasteiger partial charge in [0.1, 0.15) is 17.5 Å². The van der Waals surface area contributed by atoms with Crippen LogP contribution in [0, 0.1) is 12.8 Å². The number of nitrogens with zero attached hydrogens (tertiary/aromatic N) is 2. The van der Waals surface area contributed by atoms with Crippen LogP contribution in [0.15, 0.2) is 6.07 Å². The van der Waals surface area contributed by atoms with Crippen molar-refractivity contribution in [1.29, 1.82) is 0 Å². The molecule has 1 aliphatic rings. The summed E-state index contributed by atoms with van der Waals surface area (Å²) in [6.07, 6.45) is 6.76. The quantitative estimate of drug-likeness (QED) is 0.734. The van der Waals surface area contributed by atoms with Gasteiger partial charge >= 0.3 is 0 Å². The third-order valence-electron chi connectivity index (χ3n) is 3.55. The zero-order valence-corrected chi connectivity index (χ0v) is 11.7. The van der Waals surface area contributed by atoms with Gasteiger partial charge in [0.15, 0.2) is 0 Å². The van der Waals surface area contributed by atoms with Gasteiger partial charge in [-0.25, -0.2) is 9.97 Å². The predicted octanol–water partition coefficient (Wildman–Crippen LogP) is 2.18. The van der Waals surface area contributed by atoms with Crippen LogP contribution in [0.1, 0.15) is 37.9 Å². The Morgan fingerprint density at radius 2 is 1.84 bits per heavy atom. The largest absolute Gasteiger partial charge is 0.395 e. The van der Waals surface area contributed by atoms with Crippen LogP contribution in [0.25, 0.3) is 0 Å². The minimum Gasteiger partial charge on any atom is -0.395 e. The molecular weight excluding hydrogens is 240 g/mol. The van der Waals surface area contributed by atoms with Crippen molar-refractivity contribution in [2.75, 3.05) is 30.3 Å². The minimum absolute atomic E-state index is 0.105. The maximum Gasteiger partial charge on any atom is 0.131 e. The van der Waals surface area contributed by atoms with Crippen LogP contribution in [0.3, 0.4) is 0 Å². The highest BCUT2D eigenvalue weighted by atomic mass is 16.3. The van der Waals surface area contributed by atoms with E-state index in [0.29, 0.717) is 6.54 Å². The molecule has 5 nitrogen and oxygen atoms in total. The van der Waals surface area contributed by atoms with Gasteiger partial charge in [0.05, 0.1) is 6.61 Å². The third-order valence-corrected chi connectivity index (χ3v) is 3.55. The number of hydrogen-bond acceptors (Lipinski definition) is 5. The van der Waals surface area contributed by atoms with Crippen LogP contribution in [0.4, 0.5) is 11.6 Å². The zero-order valence-electron chi connectivity index (χ0n) is 11.7. The number of anilines is 2. The van der Waals surface area contributed by atoms with Gasteiger partial charge < -0.3 is 15.7 Å². The Bertz CT molecular complexity index is 391. The third kappa shape index (κ3) is 4.67. The maximum atomic E-state index is 8.82. The fourth-order valence-electron chi connectivity index (χ4n) is 2.57. The SMILES string of the molecule is Cc1nc(NCCO)cc(NCC2CCCCC2)n1. The predicted molar refractivity (Wildman–Crippen MR) is 77.4 cm³/mol. The second-order valence-electron chi connectivity index (χ2n) is 5.22. The van der Waals surface area contributed by atoms with E-state index in [2.05, 4.69) is 20.6 Å². The van der Waals surface area contributed by atoms with Gasteiger partial charge in [-0.05, 0) is 25.7 Å². The van der Waals surface area contributed by atoms with Crippen molar-refractivity contribution >= 4 is 11.6 Å². The Labute approximate surface area is 114 Å². The number of aliphatic hydroxyl groups excluding tert-OH is 1. The lowest BCUT2D eigenvalue weighted by molar-refractivity contribution is 0.311. The van der Waals surface area contributed by atoms with Crippen LogP contribution >= 0.6 is 0 Å². The van der Waals surface area contributed by atoms with E-state index in [1.807, 2.05) is 13.0 Å². The molecule has 5 heteroatoms. The molecular formula is C14H24N4O. The standard InChI is InChI=1S/C14H24N4O/c1-11-17-13(15-7-8-19)9-14(18-11)16-10-12-5-3-2-4-6-12/h9,12,19H,2-8,10H2,1H3,(H2,15,16,17,18). The molecule has 106 valence electrons. The average Bonchev–Trinajstić information content (AvgIpc) is 2.43. The highest BCUT2D eigenvalue weighted by Gasteiger charge is 2.13. The van der Waals surface area contributed by atoms with Crippen LogP contribution in [-0.2, 0) is 0 Å². The molecule has 0 radical (unpaired) electrons. The Balaban J connectivity index is 1.89. The van der Waals surface area contributed by atoms with E-state index in [1.165, 1.54) is 32.1 Å². The summed E-state index contributed by atoms with van der Waals surface area (Å²) in [7, 11) is 0. The highest BCUT2D eigenvalue weighted by Crippen LogP contribution is 2.24. The normalized spacial score (nSPS) is 16.3. The molecule has 1 heterocycles. The first-order valence-electron chi connectivity index (χ1n) is 7.22. The molecule has 1 aliphatic carbocycles. The molecule has 19 heavy (non-hydrogen) atoms. The van der Waals surface area contributed by atoms with E-state index in [1.54, 1.807) is 0 Å². The molecule has 3 N–H and O–H groups in total. The second-order valence-corrected chi connectivity index (χ2v) is 5.22. The van der Waals surface area contributed by atoms with Crippen molar-refractivity contribution in [3.63, 3.8) is 0 Å². The molecule has 0 saturated heterocycles. The lowest BCUT2D eigenvalue weighted by Crippen LogP contribution is -2.18. The van der Waals surface area contributed by atoms with Crippen molar-refractivity contribution in [3.05, 3.63) is 11.9 Å². The van der Waals surface area contributed by atoms with Crippen molar-refractivity contribution < 1.29 is 5.11 Å². The van der Waals surface area contributed by atoms with Crippen molar-refractivity contribution in [1.82, 2.24) is 9.97 Å². The first-order valence-corrected chi connectivity index (χ1v) is 7.22. The van der Waals surface area contributed by atoms with Gasteiger partial charge in [0, 0.05) is 19.2 Å². The van der Waals surface area contributed by atoms with Crippen LogP contribution in [0.2, 0.25) is 0 Å². The summed E-state index contributed by atoms with van der Waals surface area (Å²) in [5.41, 5.74) is 0. The molecule has 0 unspecified atom stereocenters. The Hall–Kier alpha value is -1.36. The molecule has 0 aliphatic heterocycles. The van der Waals surface area contributed by atoms with Crippen molar-refractivity contribution in [2.45, 2.75) is 39.0 Å². The molecule has 1 fully saturated rings. The highest BCUT2D eigenvalue weighted by molar-refractivity contribution is 5.47. The lowest BCUT2D eigenvalue weighted by Gasteiger charge is -2.22. The fraction of sp³-hybridized carbons (Fsp3) is 0.714. The van der Waals surface area contributed by atoms with E-state index in [4.69, 9.17) is 5.11 Å². The summed E-state index contributed by atoms with van der Waals surface area (Å²) in [4.78, 5) is 8.69. The first-order chi connectivity index (χ1) is 9.28. The summed E-state index contributed by atoms with van der Waals surface area (Å²) in [5.74, 6) is 3.16. The molecule has 2 rings (SSSR count). The molecule has 1 aromatic heterocycles. The van der Waals surface area contributed by atoms with Gasteiger partial charge in [0.25, 0.3) is 0 Å². The smallest absolute Gasteiger partial charge is 0.131 e.